The van der Waals surface area contributed by atoms with Crippen LogP contribution < -0.4 is 0 Å². The van der Waals surface area contributed by atoms with Crippen molar-refractivity contribution < 1.29 is 43.2 Å². The van der Waals surface area contributed by atoms with Crippen LogP contribution in [0.1, 0.15) is 26.7 Å². The molecule has 0 aliphatic rings. The maximum absolute atomic E-state index is 11.3. The Morgan fingerprint density at radius 2 is 1.41 bits per heavy atom. The van der Waals surface area contributed by atoms with Gasteiger partial charge in [0.05, 0.1) is 6.61 Å². The predicted molar refractivity (Wildman–Crippen MR) is 70.4 cm³/mol. The zero-order chi connectivity index (χ0) is 17.0. The van der Waals surface area contributed by atoms with Crippen molar-refractivity contribution in [2.45, 2.75) is 32.8 Å². The minimum absolute atomic E-state index is 0.0880. The summed E-state index contributed by atoms with van der Waals surface area (Å²) in [5.41, 5.74) is 0. The van der Waals surface area contributed by atoms with E-state index in [0.29, 0.717) is 0 Å². The molecule has 9 nitrogen and oxygen atoms in total. The van der Waals surface area contributed by atoms with Crippen LogP contribution in [-0.4, -0.2) is 61.5 Å². The van der Waals surface area contributed by atoms with Gasteiger partial charge in [0.1, 0.15) is 19.8 Å². The summed E-state index contributed by atoms with van der Waals surface area (Å²) >= 11 is 0. The minimum Gasteiger partial charge on any atom is -0.462 e. The zero-order valence-electron chi connectivity index (χ0n) is 12.5. The van der Waals surface area contributed by atoms with E-state index in [2.05, 4.69) is 9.47 Å². The van der Waals surface area contributed by atoms with Gasteiger partial charge in [0.15, 0.2) is 6.10 Å². The van der Waals surface area contributed by atoms with E-state index in [9.17, 15) is 19.2 Å². The third kappa shape index (κ3) is 8.90. The molecule has 1 N–H and O–H groups in total. The fraction of sp³-hybridized carbons (Fsp3) is 0.692. The van der Waals surface area contributed by atoms with Crippen molar-refractivity contribution in [1.29, 1.82) is 0 Å². The number of rotatable bonds is 9. The van der Waals surface area contributed by atoms with Crippen LogP contribution in [0.15, 0.2) is 0 Å². The van der Waals surface area contributed by atoms with Crippen molar-refractivity contribution in [2.75, 3.05) is 26.4 Å². The highest BCUT2D eigenvalue weighted by Gasteiger charge is 2.22. The standard InChI is InChI=1S/C13H20O9/c1-3-10(15)20-7-9(22-11(16)4-2)8-21-13(18)12(17)19-6-5-14/h9,14H,3-8H2,1-2H3. The molecule has 0 bridgehead atoms. The maximum Gasteiger partial charge on any atom is 0.417 e. The van der Waals surface area contributed by atoms with Crippen LogP contribution in [0.25, 0.3) is 0 Å². The van der Waals surface area contributed by atoms with Gasteiger partial charge in [0.2, 0.25) is 0 Å². The number of carbonyl (C=O) groups is 4. The molecule has 22 heavy (non-hydrogen) atoms. The number of ether oxygens (including phenoxy) is 4. The summed E-state index contributed by atoms with van der Waals surface area (Å²) in [4.78, 5) is 44.7. The van der Waals surface area contributed by atoms with E-state index >= 15 is 0 Å². The third-order valence-electron chi connectivity index (χ3n) is 2.20. The molecule has 0 heterocycles. The van der Waals surface area contributed by atoms with Crippen LogP contribution in [0.5, 0.6) is 0 Å². The van der Waals surface area contributed by atoms with Crippen molar-refractivity contribution in [3.63, 3.8) is 0 Å². The Labute approximate surface area is 127 Å². The molecule has 0 aliphatic carbocycles. The predicted octanol–water partition coefficient (Wildman–Crippen LogP) is -0.660. The van der Waals surface area contributed by atoms with Gasteiger partial charge < -0.3 is 24.1 Å². The highest BCUT2D eigenvalue weighted by Crippen LogP contribution is 2.00. The third-order valence-corrected chi connectivity index (χ3v) is 2.20. The molecule has 1 atom stereocenters. The van der Waals surface area contributed by atoms with Crippen LogP contribution in [-0.2, 0) is 38.1 Å². The van der Waals surface area contributed by atoms with Crippen LogP contribution in [0.3, 0.4) is 0 Å². The molecule has 0 aromatic heterocycles. The molecule has 0 radical (unpaired) electrons. The second kappa shape index (κ2) is 11.5. The first kappa shape index (κ1) is 19.8. The molecular formula is C13H20O9. The minimum atomic E-state index is -1.30. The van der Waals surface area contributed by atoms with Crippen molar-refractivity contribution >= 4 is 23.9 Å². The fourth-order valence-corrected chi connectivity index (χ4v) is 1.10. The van der Waals surface area contributed by atoms with Crippen molar-refractivity contribution in [1.82, 2.24) is 0 Å². The first-order valence-electron chi connectivity index (χ1n) is 6.74. The van der Waals surface area contributed by atoms with Gasteiger partial charge in [-0.3, -0.25) is 9.59 Å². The molecular weight excluding hydrogens is 300 g/mol. The van der Waals surface area contributed by atoms with Crippen LogP contribution in [0.4, 0.5) is 0 Å². The normalized spacial score (nSPS) is 11.2. The topological polar surface area (TPSA) is 125 Å². The Balaban J connectivity index is 4.37. The molecule has 0 aromatic carbocycles. The lowest BCUT2D eigenvalue weighted by Gasteiger charge is -2.17. The van der Waals surface area contributed by atoms with Gasteiger partial charge in [0.25, 0.3) is 0 Å². The second-order valence-electron chi connectivity index (χ2n) is 3.96. The molecule has 1 unspecified atom stereocenters. The molecule has 9 heteroatoms. The van der Waals surface area contributed by atoms with Gasteiger partial charge in [-0.05, 0) is 0 Å². The summed E-state index contributed by atoms with van der Waals surface area (Å²) in [6.45, 7) is 1.63. The second-order valence-corrected chi connectivity index (χ2v) is 3.96. The average Bonchev–Trinajstić information content (AvgIpc) is 2.53. The summed E-state index contributed by atoms with van der Waals surface area (Å²) in [5.74, 6) is -3.66. The molecule has 0 spiro atoms. The van der Waals surface area contributed by atoms with E-state index in [0.717, 1.165) is 0 Å². The quantitative estimate of drug-likeness (QED) is 0.335. The van der Waals surface area contributed by atoms with Crippen LogP contribution >= 0.6 is 0 Å². The Bertz CT molecular complexity index is 391. The summed E-state index contributed by atoms with van der Waals surface area (Å²) in [6.07, 6.45) is -0.788. The Morgan fingerprint density at radius 3 is 1.95 bits per heavy atom. The first-order chi connectivity index (χ1) is 10.4. The lowest BCUT2D eigenvalue weighted by Crippen LogP contribution is -2.32. The SMILES string of the molecule is CCC(=O)OCC(COC(=O)C(=O)OCCO)OC(=O)CC. The highest BCUT2D eigenvalue weighted by atomic mass is 16.6. The molecule has 0 rings (SSSR count). The number of aliphatic hydroxyl groups is 1. The van der Waals surface area contributed by atoms with E-state index in [-0.39, 0.29) is 26.1 Å². The van der Waals surface area contributed by atoms with Gasteiger partial charge in [-0.2, -0.15) is 0 Å². The lowest BCUT2D eigenvalue weighted by atomic mass is 10.4. The van der Waals surface area contributed by atoms with Crippen molar-refractivity contribution in [2.24, 2.45) is 0 Å². The summed E-state index contributed by atoms with van der Waals surface area (Å²) < 4.78 is 18.7. The number of hydrogen-bond acceptors (Lipinski definition) is 9. The lowest BCUT2D eigenvalue weighted by molar-refractivity contribution is -0.174. The molecule has 0 aromatic rings. The largest absolute Gasteiger partial charge is 0.462 e. The van der Waals surface area contributed by atoms with E-state index < -0.39 is 43.2 Å². The monoisotopic (exact) mass is 320 g/mol. The smallest absolute Gasteiger partial charge is 0.417 e. The molecule has 0 saturated heterocycles. The van der Waals surface area contributed by atoms with Crippen molar-refractivity contribution in [3.05, 3.63) is 0 Å². The number of esters is 4. The van der Waals surface area contributed by atoms with Gasteiger partial charge in [-0.1, -0.05) is 13.8 Å². The van der Waals surface area contributed by atoms with E-state index in [1.807, 2.05) is 0 Å². The Morgan fingerprint density at radius 1 is 0.864 bits per heavy atom. The molecule has 0 fully saturated rings. The van der Waals surface area contributed by atoms with Gasteiger partial charge >= 0.3 is 23.9 Å². The van der Waals surface area contributed by atoms with E-state index in [4.69, 9.17) is 14.6 Å². The van der Waals surface area contributed by atoms with Gasteiger partial charge in [0, 0.05) is 12.8 Å². The molecule has 126 valence electrons. The van der Waals surface area contributed by atoms with E-state index in [1.165, 1.54) is 0 Å². The zero-order valence-corrected chi connectivity index (χ0v) is 12.5. The van der Waals surface area contributed by atoms with E-state index in [1.54, 1.807) is 13.8 Å². The maximum atomic E-state index is 11.3. The van der Waals surface area contributed by atoms with Crippen molar-refractivity contribution in [3.8, 4) is 0 Å². The molecule has 0 amide bonds. The van der Waals surface area contributed by atoms with Gasteiger partial charge in [-0.15, -0.1) is 0 Å². The summed E-state index contributed by atoms with van der Waals surface area (Å²) in [6, 6.07) is 0. The summed E-state index contributed by atoms with van der Waals surface area (Å²) in [7, 11) is 0. The average molecular weight is 320 g/mol. The molecule has 0 saturated carbocycles. The van der Waals surface area contributed by atoms with Crippen LogP contribution in [0, 0.1) is 0 Å². The first-order valence-corrected chi connectivity index (χ1v) is 6.74. The fourth-order valence-electron chi connectivity index (χ4n) is 1.10. The Hall–Kier alpha value is -2.16. The van der Waals surface area contributed by atoms with Crippen LogP contribution in [0.2, 0.25) is 0 Å². The van der Waals surface area contributed by atoms with Gasteiger partial charge in [-0.25, -0.2) is 9.59 Å². The number of aliphatic hydroxyl groups excluding tert-OH is 1. The summed E-state index contributed by atoms with van der Waals surface area (Å²) in [5, 5.41) is 8.45. The Kier molecular flexibility index (Phi) is 10.4. The molecule has 0 aliphatic heterocycles. The highest BCUT2D eigenvalue weighted by molar-refractivity contribution is 6.29. The number of hydrogen-bond donors (Lipinski definition) is 1. The number of carbonyl (C=O) groups excluding carboxylic acids is 4.